The summed E-state index contributed by atoms with van der Waals surface area (Å²) in [6, 6.07) is 1.94. The van der Waals surface area contributed by atoms with Crippen molar-refractivity contribution in [2.75, 3.05) is 12.3 Å². The number of carbonyl (C=O) groups excluding carboxylic acids is 1. The van der Waals surface area contributed by atoms with Crippen molar-refractivity contribution >= 4 is 17.6 Å². The van der Waals surface area contributed by atoms with Crippen molar-refractivity contribution in [3.05, 3.63) is 41.5 Å². The topological polar surface area (TPSA) is 107 Å². The molecule has 1 heterocycles. The van der Waals surface area contributed by atoms with Crippen molar-refractivity contribution in [1.29, 1.82) is 0 Å². The molecule has 21 heavy (non-hydrogen) atoms. The van der Waals surface area contributed by atoms with Gasteiger partial charge in [-0.2, -0.15) is 5.10 Å². The summed E-state index contributed by atoms with van der Waals surface area (Å²) >= 11 is 0. The molecular formula is C13H12FN3O4. The number of aromatic nitrogens is 2. The van der Waals surface area contributed by atoms with Gasteiger partial charge in [0.25, 0.3) is 0 Å². The van der Waals surface area contributed by atoms with Crippen LogP contribution >= 0.6 is 0 Å². The fourth-order valence-electron chi connectivity index (χ4n) is 1.72. The summed E-state index contributed by atoms with van der Waals surface area (Å²) in [4.78, 5) is 22.3. The van der Waals surface area contributed by atoms with E-state index in [1.54, 1.807) is 6.92 Å². The van der Waals surface area contributed by atoms with Crippen molar-refractivity contribution in [2.45, 2.75) is 6.92 Å². The van der Waals surface area contributed by atoms with Gasteiger partial charge in [0.2, 0.25) is 0 Å². The minimum Gasteiger partial charge on any atom is -0.478 e. The van der Waals surface area contributed by atoms with Crippen LogP contribution < -0.4 is 5.73 Å². The standard InChI is InChI=1S/C13H12FN3O4/c1-2-21-13(20)7-5-16-17(6-7)11-4-9(14)8(12(18)19)3-10(11)15/h3-6H,2,15H2,1H3,(H,18,19). The van der Waals surface area contributed by atoms with Crippen LogP contribution in [0.5, 0.6) is 0 Å². The number of carboxylic acid groups (broad SMARTS) is 1. The van der Waals surface area contributed by atoms with E-state index in [2.05, 4.69) is 5.10 Å². The minimum absolute atomic E-state index is 0.0207. The number of benzene rings is 1. The average molecular weight is 293 g/mol. The van der Waals surface area contributed by atoms with Crippen LogP contribution in [0.1, 0.15) is 27.6 Å². The van der Waals surface area contributed by atoms with E-state index in [0.29, 0.717) is 0 Å². The zero-order valence-corrected chi connectivity index (χ0v) is 11.0. The zero-order valence-electron chi connectivity index (χ0n) is 11.0. The van der Waals surface area contributed by atoms with E-state index in [9.17, 15) is 14.0 Å². The Morgan fingerprint density at radius 1 is 1.48 bits per heavy atom. The van der Waals surface area contributed by atoms with E-state index in [0.717, 1.165) is 12.1 Å². The van der Waals surface area contributed by atoms with Crippen LogP contribution in [0.2, 0.25) is 0 Å². The SMILES string of the molecule is CCOC(=O)c1cnn(-c2cc(F)c(C(=O)O)cc2N)c1. The van der Waals surface area contributed by atoms with Crippen LogP contribution in [0.4, 0.5) is 10.1 Å². The van der Waals surface area contributed by atoms with Gasteiger partial charge in [-0.3, -0.25) is 0 Å². The summed E-state index contributed by atoms with van der Waals surface area (Å²) in [5.41, 5.74) is 5.50. The predicted octanol–water partition coefficient (Wildman–Crippen LogP) is 1.47. The molecule has 1 aromatic carbocycles. The Kier molecular flexibility index (Phi) is 3.88. The number of nitrogens with zero attached hydrogens (tertiary/aromatic N) is 2. The number of rotatable bonds is 4. The molecule has 0 aliphatic heterocycles. The van der Waals surface area contributed by atoms with Crippen molar-refractivity contribution in [1.82, 2.24) is 9.78 Å². The smallest absolute Gasteiger partial charge is 0.341 e. The summed E-state index contributed by atoms with van der Waals surface area (Å²) in [6.07, 6.45) is 2.57. The molecule has 0 aliphatic carbocycles. The van der Waals surface area contributed by atoms with Crippen molar-refractivity contribution in [3.63, 3.8) is 0 Å². The number of nitrogens with two attached hydrogens (primary N) is 1. The van der Waals surface area contributed by atoms with Gasteiger partial charge < -0.3 is 15.6 Å². The highest BCUT2D eigenvalue weighted by molar-refractivity contribution is 5.90. The lowest BCUT2D eigenvalue weighted by atomic mass is 10.1. The first kappa shape index (κ1) is 14.5. The fourth-order valence-corrected chi connectivity index (χ4v) is 1.72. The molecule has 2 aromatic rings. The normalized spacial score (nSPS) is 10.4. The van der Waals surface area contributed by atoms with Gasteiger partial charge >= 0.3 is 11.9 Å². The third-order valence-corrected chi connectivity index (χ3v) is 2.69. The number of carbonyl (C=O) groups is 2. The van der Waals surface area contributed by atoms with Gasteiger partial charge in [0, 0.05) is 12.3 Å². The van der Waals surface area contributed by atoms with Crippen LogP contribution in [0.15, 0.2) is 24.5 Å². The monoisotopic (exact) mass is 293 g/mol. The van der Waals surface area contributed by atoms with Gasteiger partial charge in [-0.1, -0.05) is 0 Å². The Balaban J connectivity index is 2.41. The maximum Gasteiger partial charge on any atom is 0.341 e. The van der Waals surface area contributed by atoms with E-state index >= 15 is 0 Å². The third kappa shape index (κ3) is 2.83. The number of ether oxygens (including phenoxy) is 1. The Bertz CT molecular complexity index is 711. The van der Waals surface area contributed by atoms with E-state index in [-0.39, 0.29) is 23.5 Å². The summed E-state index contributed by atoms with van der Waals surface area (Å²) < 4.78 is 19.7. The van der Waals surface area contributed by atoms with Crippen molar-refractivity contribution in [2.24, 2.45) is 0 Å². The van der Waals surface area contributed by atoms with Gasteiger partial charge in [-0.05, 0) is 13.0 Å². The molecule has 0 atom stereocenters. The highest BCUT2D eigenvalue weighted by Gasteiger charge is 2.16. The van der Waals surface area contributed by atoms with Gasteiger partial charge in [0.15, 0.2) is 0 Å². The molecule has 0 amide bonds. The first-order chi connectivity index (χ1) is 9.93. The molecule has 0 aliphatic rings. The van der Waals surface area contributed by atoms with Crippen molar-refractivity contribution < 1.29 is 23.8 Å². The van der Waals surface area contributed by atoms with Crippen LogP contribution in [0, 0.1) is 5.82 Å². The first-order valence-corrected chi connectivity index (χ1v) is 5.98. The molecule has 7 nitrogen and oxygen atoms in total. The highest BCUT2D eigenvalue weighted by Crippen LogP contribution is 2.22. The van der Waals surface area contributed by atoms with Crippen LogP contribution in [0.25, 0.3) is 5.69 Å². The Hall–Kier alpha value is -2.90. The quantitative estimate of drug-likeness (QED) is 0.653. The largest absolute Gasteiger partial charge is 0.478 e. The minimum atomic E-state index is -1.42. The molecule has 0 fully saturated rings. The number of hydrogen-bond donors (Lipinski definition) is 2. The number of carboxylic acids is 1. The summed E-state index contributed by atoms with van der Waals surface area (Å²) in [6.45, 7) is 1.88. The predicted molar refractivity (Wildman–Crippen MR) is 70.9 cm³/mol. The molecule has 0 saturated heterocycles. The maximum absolute atomic E-state index is 13.7. The molecule has 0 saturated carbocycles. The third-order valence-electron chi connectivity index (χ3n) is 2.69. The lowest BCUT2D eigenvalue weighted by molar-refractivity contribution is 0.0525. The van der Waals surface area contributed by atoms with Gasteiger partial charge in [0.1, 0.15) is 5.82 Å². The molecule has 0 spiro atoms. The molecule has 0 radical (unpaired) electrons. The summed E-state index contributed by atoms with van der Waals surface area (Å²) in [5.74, 6) is -2.93. The second-order valence-electron chi connectivity index (χ2n) is 4.09. The second kappa shape index (κ2) is 5.61. The molecule has 0 bridgehead atoms. The molecule has 8 heteroatoms. The van der Waals surface area contributed by atoms with Crippen LogP contribution in [0.3, 0.4) is 0 Å². The van der Waals surface area contributed by atoms with Gasteiger partial charge in [0.05, 0.1) is 35.3 Å². The lowest BCUT2D eigenvalue weighted by Crippen LogP contribution is -2.07. The molecule has 110 valence electrons. The van der Waals surface area contributed by atoms with E-state index in [4.69, 9.17) is 15.6 Å². The Morgan fingerprint density at radius 2 is 2.19 bits per heavy atom. The van der Waals surface area contributed by atoms with E-state index < -0.39 is 23.3 Å². The Labute approximate surface area is 118 Å². The fraction of sp³-hybridized carbons (Fsp3) is 0.154. The number of nitrogen functional groups attached to an aromatic ring is 1. The molecular weight excluding hydrogens is 281 g/mol. The highest BCUT2D eigenvalue weighted by atomic mass is 19.1. The van der Waals surface area contributed by atoms with Gasteiger partial charge in [-0.25, -0.2) is 18.7 Å². The number of esters is 1. The number of hydrogen-bond acceptors (Lipinski definition) is 5. The van der Waals surface area contributed by atoms with Crippen molar-refractivity contribution in [3.8, 4) is 5.69 Å². The van der Waals surface area contributed by atoms with Crippen LogP contribution in [-0.2, 0) is 4.74 Å². The lowest BCUT2D eigenvalue weighted by Gasteiger charge is -2.07. The Morgan fingerprint density at radius 3 is 2.81 bits per heavy atom. The number of aromatic carboxylic acids is 1. The van der Waals surface area contributed by atoms with E-state index in [1.165, 1.54) is 17.1 Å². The average Bonchev–Trinajstić information content (AvgIpc) is 2.90. The number of halogens is 1. The molecule has 1 aromatic heterocycles. The van der Waals surface area contributed by atoms with Crippen LogP contribution in [-0.4, -0.2) is 33.4 Å². The molecule has 2 rings (SSSR count). The first-order valence-electron chi connectivity index (χ1n) is 5.98. The summed E-state index contributed by atoms with van der Waals surface area (Å²) in [5, 5.41) is 12.7. The van der Waals surface area contributed by atoms with E-state index in [1.807, 2.05) is 0 Å². The molecule has 3 N–H and O–H groups in total. The maximum atomic E-state index is 13.7. The molecule has 0 unspecified atom stereocenters. The second-order valence-corrected chi connectivity index (χ2v) is 4.09. The summed E-state index contributed by atoms with van der Waals surface area (Å²) in [7, 11) is 0. The zero-order chi connectivity index (χ0) is 15.6. The number of anilines is 1. The van der Waals surface area contributed by atoms with Gasteiger partial charge in [-0.15, -0.1) is 0 Å².